The molecule has 0 heterocycles. The Morgan fingerprint density at radius 1 is 1.00 bits per heavy atom. The predicted molar refractivity (Wildman–Crippen MR) is 118 cm³/mol. The lowest BCUT2D eigenvalue weighted by Crippen LogP contribution is -2.13. The van der Waals surface area contributed by atoms with Crippen LogP contribution in [0, 0.1) is 29.4 Å². The molecule has 0 radical (unpaired) electrons. The summed E-state index contributed by atoms with van der Waals surface area (Å²) in [5.41, 5.74) is 1.91. The quantitative estimate of drug-likeness (QED) is 0.282. The molecule has 1 nitrogen and oxygen atoms in total. The van der Waals surface area contributed by atoms with Crippen LogP contribution in [0.15, 0.2) is 41.4 Å². The van der Waals surface area contributed by atoms with Crippen molar-refractivity contribution < 1.29 is 8.78 Å². The third-order valence-corrected chi connectivity index (χ3v) is 5.82. The van der Waals surface area contributed by atoms with E-state index in [4.69, 9.17) is 0 Å². The van der Waals surface area contributed by atoms with Crippen molar-refractivity contribution in [1.29, 1.82) is 0 Å². The molecule has 1 fully saturated rings. The first-order valence-electron chi connectivity index (χ1n) is 10.3. The van der Waals surface area contributed by atoms with Crippen molar-refractivity contribution in [2.75, 3.05) is 0 Å². The summed E-state index contributed by atoms with van der Waals surface area (Å²) in [4.78, 5) is 3.60. The molecule has 0 amide bonds. The van der Waals surface area contributed by atoms with E-state index in [2.05, 4.69) is 53.3 Å². The number of isothiocyanates is 1. The molecule has 0 aliphatic heterocycles. The molecule has 0 spiro atoms. The minimum atomic E-state index is -0.752. The number of nitrogens with zero attached hydrogens (tertiary/aromatic N) is 1. The normalized spacial score (nSPS) is 18.4. The molecular weight excluding hydrogens is 384 g/mol. The first-order valence-corrected chi connectivity index (χ1v) is 10.7. The minimum absolute atomic E-state index is 0.0920. The summed E-state index contributed by atoms with van der Waals surface area (Å²) in [5, 5.41) is 2.10. The summed E-state index contributed by atoms with van der Waals surface area (Å²) in [6.45, 7) is 2.25. The van der Waals surface area contributed by atoms with E-state index in [1.807, 2.05) is 12.1 Å². The minimum Gasteiger partial charge on any atom is -0.205 e. The summed E-state index contributed by atoms with van der Waals surface area (Å²) in [6, 6.07) is 10.3. The molecule has 0 saturated heterocycles. The van der Waals surface area contributed by atoms with E-state index in [9.17, 15) is 8.78 Å². The van der Waals surface area contributed by atoms with Crippen molar-refractivity contribution in [3.63, 3.8) is 0 Å². The van der Waals surface area contributed by atoms with Gasteiger partial charge in [-0.2, -0.15) is 4.99 Å². The van der Waals surface area contributed by atoms with Crippen LogP contribution in [0.4, 0.5) is 14.5 Å². The number of rotatable bonds is 5. The highest BCUT2D eigenvalue weighted by molar-refractivity contribution is 7.78. The first kappa shape index (κ1) is 21.4. The van der Waals surface area contributed by atoms with Crippen molar-refractivity contribution in [3.8, 4) is 11.8 Å². The van der Waals surface area contributed by atoms with Gasteiger partial charge in [-0.25, -0.2) is 8.78 Å². The number of aliphatic imine (C=N–C) groups is 1. The zero-order valence-electron chi connectivity index (χ0n) is 16.7. The van der Waals surface area contributed by atoms with Gasteiger partial charge in [0.2, 0.25) is 0 Å². The van der Waals surface area contributed by atoms with Crippen molar-refractivity contribution in [2.45, 2.75) is 57.8 Å². The fourth-order valence-corrected chi connectivity index (χ4v) is 4.15. The zero-order chi connectivity index (χ0) is 20.6. The van der Waals surface area contributed by atoms with E-state index >= 15 is 0 Å². The number of hydrogen-bond donors (Lipinski definition) is 0. The van der Waals surface area contributed by atoms with Crippen LogP contribution in [-0.2, 0) is 0 Å². The summed E-state index contributed by atoms with van der Waals surface area (Å²) in [7, 11) is 0. The smallest absolute Gasteiger partial charge is 0.143 e. The largest absolute Gasteiger partial charge is 0.205 e. The molecule has 4 heteroatoms. The topological polar surface area (TPSA) is 12.4 Å². The lowest BCUT2D eigenvalue weighted by molar-refractivity contribution is 0.304. The maximum absolute atomic E-state index is 14.1. The molecule has 0 unspecified atom stereocenters. The van der Waals surface area contributed by atoms with E-state index in [0.717, 1.165) is 23.6 Å². The van der Waals surface area contributed by atoms with Gasteiger partial charge in [-0.15, -0.1) is 0 Å². The van der Waals surface area contributed by atoms with Crippen molar-refractivity contribution in [1.82, 2.24) is 0 Å². The molecule has 2 aromatic carbocycles. The predicted octanol–water partition coefficient (Wildman–Crippen LogP) is 7.56. The summed E-state index contributed by atoms with van der Waals surface area (Å²) >= 11 is 4.46. The molecule has 3 rings (SSSR count). The van der Waals surface area contributed by atoms with Gasteiger partial charge in [-0.1, -0.05) is 50.2 Å². The van der Waals surface area contributed by atoms with Crippen LogP contribution < -0.4 is 0 Å². The fraction of sp³-hybridized carbons (Fsp3) is 0.400. The summed E-state index contributed by atoms with van der Waals surface area (Å²) < 4.78 is 28.2. The lowest BCUT2D eigenvalue weighted by Gasteiger charge is -2.28. The van der Waals surface area contributed by atoms with Gasteiger partial charge >= 0.3 is 0 Å². The molecule has 0 aromatic heterocycles. The Labute approximate surface area is 177 Å². The van der Waals surface area contributed by atoms with Crippen LogP contribution in [0.25, 0.3) is 0 Å². The standard InChI is InChI=1S/C25H25F2NS/c1-2-3-4-18-5-10-20(11-6-18)21-12-7-19(8-13-21)9-14-23-24(26)15-22(28-17-29)16-25(23)27/h7-8,12-13,15-16,18,20H,2-6,10-11H2,1H3. The van der Waals surface area contributed by atoms with E-state index in [1.165, 1.54) is 50.5 Å². The maximum atomic E-state index is 14.1. The molecule has 150 valence electrons. The first-order chi connectivity index (χ1) is 14.1. The molecule has 1 aliphatic carbocycles. The van der Waals surface area contributed by atoms with E-state index in [0.29, 0.717) is 5.92 Å². The molecule has 0 bridgehead atoms. The van der Waals surface area contributed by atoms with E-state index in [1.54, 1.807) is 0 Å². The van der Waals surface area contributed by atoms with Crippen LogP contribution in [0.5, 0.6) is 0 Å². The Kier molecular flexibility index (Phi) is 7.69. The Morgan fingerprint density at radius 2 is 1.66 bits per heavy atom. The number of benzene rings is 2. The fourth-order valence-electron chi connectivity index (χ4n) is 4.05. The lowest BCUT2D eigenvalue weighted by atomic mass is 9.77. The van der Waals surface area contributed by atoms with Crippen LogP contribution in [0.3, 0.4) is 0 Å². The third kappa shape index (κ3) is 5.82. The Balaban J connectivity index is 1.66. The van der Waals surface area contributed by atoms with Crippen molar-refractivity contribution >= 4 is 23.1 Å². The highest BCUT2D eigenvalue weighted by Crippen LogP contribution is 2.37. The zero-order valence-corrected chi connectivity index (χ0v) is 17.5. The van der Waals surface area contributed by atoms with Gasteiger partial charge in [0.25, 0.3) is 0 Å². The number of halogens is 2. The van der Waals surface area contributed by atoms with Crippen LogP contribution in [-0.4, -0.2) is 5.16 Å². The second-order valence-electron chi connectivity index (χ2n) is 7.72. The van der Waals surface area contributed by atoms with Crippen LogP contribution in [0.2, 0.25) is 0 Å². The van der Waals surface area contributed by atoms with Crippen LogP contribution >= 0.6 is 12.2 Å². The van der Waals surface area contributed by atoms with Gasteiger partial charge in [0.1, 0.15) is 11.6 Å². The molecule has 2 aromatic rings. The average Bonchev–Trinajstić information content (AvgIpc) is 2.73. The number of hydrogen-bond acceptors (Lipinski definition) is 2. The highest BCUT2D eigenvalue weighted by atomic mass is 32.1. The van der Waals surface area contributed by atoms with Gasteiger partial charge in [-0.3, -0.25) is 0 Å². The molecule has 1 saturated carbocycles. The second-order valence-corrected chi connectivity index (χ2v) is 7.90. The Bertz CT molecular complexity index is 918. The van der Waals surface area contributed by atoms with Gasteiger partial charge < -0.3 is 0 Å². The van der Waals surface area contributed by atoms with E-state index < -0.39 is 11.6 Å². The molecular formula is C25H25F2NS. The third-order valence-electron chi connectivity index (χ3n) is 5.73. The van der Waals surface area contributed by atoms with Crippen molar-refractivity contribution in [2.24, 2.45) is 10.9 Å². The maximum Gasteiger partial charge on any atom is 0.143 e. The highest BCUT2D eigenvalue weighted by Gasteiger charge is 2.21. The Hall–Kier alpha value is -2.34. The van der Waals surface area contributed by atoms with Gasteiger partial charge in [-0.05, 0) is 67.4 Å². The monoisotopic (exact) mass is 409 g/mol. The molecule has 0 atom stereocenters. The average molecular weight is 410 g/mol. The summed E-state index contributed by atoms with van der Waals surface area (Å²) in [5.74, 6) is 5.46. The molecule has 1 aliphatic rings. The SMILES string of the molecule is CCCCC1CCC(c2ccc(C#Cc3c(F)cc(N=C=S)cc3F)cc2)CC1. The van der Waals surface area contributed by atoms with Gasteiger partial charge in [0.15, 0.2) is 0 Å². The molecule has 29 heavy (non-hydrogen) atoms. The molecule has 0 N–H and O–H groups in total. The summed E-state index contributed by atoms with van der Waals surface area (Å²) in [6.07, 6.45) is 9.10. The van der Waals surface area contributed by atoms with E-state index in [-0.39, 0.29) is 11.3 Å². The van der Waals surface area contributed by atoms with Gasteiger partial charge in [0.05, 0.1) is 16.4 Å². The Morgan fingerprint density at radius 3 is 2.24 bits per heavy atom. The second kappa shape index (κ2) is 10.4. The van der Waals surface area contributed by atoms with Crippen LogP contribution in [0.1, 0.15) is 74.5 Å². The van der Waals surface area contributed by atoms with Crippen molar-refractivity contribution in [3.05, 3.63) is 64.7 Å². The van der Waals surface area contributed by atoms with Gasteiger partial charge in [0, 0.05) is 17.7 Å². The number of thiocarbonyl (C=S) groups is 1. The number of unbranched alkanes of at least 4 members (excludes halogenated alkanes) is 1.